The van der Waals surface area contributed by atoms with E-state index in [2.05, 4.69) is 10.4 Å². The molecule has 194 valence electrons. The number of thiophene rings is 1. The van der Waals surface area contributed by atoms with Crippen molar-refractivity contribution < 1.29 is 41.1 Å². The minimum absolute atomic E-state index is 0.0182. The van der Waals surface area contributed by atoms with E-state index in [9.17, 15) is 31.9 Å². The van der Waals surface area contributed by atoms with Crippen LogP contribution in [0.5, 0.6) is 0 Å². The van der Waals surface area contributed by atoms with E-state index in [0.717, 1.165) is 11.3 Å². The van der Waals surface area contributed by atoms with E-state index in [1.807, 2.05) is 0 Å². The molecule has 3 aromatic heterocycles. The predicted molar refractivity (Wildman–Crippen MR) is 121 cm³/mol. The fourth-order valence-electron chi connectivity index (χ4n) is 3.19. The first kappa shape index (κ1) is 27.2. The third-order valence-electron chi connectivity index (χ3n) is 4.71. The van der Waals surface area contributed by atoms with E-state index in [1.54, 1.807) is 13.8 Å². The minimum atomic E-state index is -3.19. The molecule has 0 fully saturated rings. The number of furan rings is 1. The number of aromatic nitrogens is 2. The van der Waals surface area contributed by atoms with Crippen molar-refractivity contribution in [3.05, 3.63) is 56.1 Å². The molecular weight excluding hydrogens is 532 g/mol. The Morgan fingerprint density at radius 1 is 1.22 bits per heavy atom. The van der Waals surface area contributed by atoms with Gasteiger partial charge in [0.2, 0.25) is 0 Å². The summed E-state index contributed by atoms with van der Waals surface area (Å²) < 4.78 is 63.9. The number of primary amides is 1. The highest BCUT2D eigenvalue weighted by Crippen LogP contribution is 2.36. The van der Waals surface area contributed by atoms with Crippen LogP contribution in [0, 0.1) is 6.92 Å². The molecule has 0 aromatic carbocycles. The molecule has 0 saturated carbocycles. The zero-order valence-corrected chi connectivity index (χ0v) is 20.5. The summed E-state index contributed by atoms with van der Waals surface area (Å²) in [4.78, 5) is 37.1. The number of nitrogens with zero attached hydrogens (tertiary/aromatic N) is 2. The summed E-state index contributed by atoms with van der Waals surface area (Å²) in [5.41, 5.74) is 3.59. The second kappa shape index (κ2) is 10.7. The summed E-state index contributed by atoms with van der Waals surface area (Å²) in [5.74, 6) is -2.82. The average molecular weight is 551 g/mol. The number of esters is 1. The number of carbonyl (C=O) groups excluding carboxylic acids is 3. The maximum Gasteiger partial charge on any atom is 0.341 e. The highest BCUT2D eigenvalue weighted by Gasteiger charge is 2.29. The Hall–Kier alpha value is -3.39. The molecule has 3 rings (SSSR count). The maximum absolute atomic E-state index is 13.4. The molecule has 0 spiro atoms. The first-order valence-corrected chi connectivity index (χ1v) is 11.4. The van der Waals surface area contributed by atoms with Crippen molar-refractivity contribution in [3.8, 4) is 0 Å². The summed E-state index contributed by atoms with van der Waals surface area (Å²) >= 11 is 6.39. The van der Waals surface area contributed by atoms with Gasteiger partial charge in [-0.2, -0.15) is 5.10 Å². The number of nitrogens with one attached hydrogen (secondary N) is 1. The molecule has 0 unspecified atom stereocenters. The van der Waals surface area contributed by atoms with Crippen LogP contribution in [0.4, 0.5) is 22.6 Å². The van der Waals surface area contributed by atoms with Crippen molar-refractivity contribution in [3.63, 3.8) is 0 Å². The number of carbonyl (C=O) groups is 3. The zero-order chi connectivity index (χ0) is 26.9. The lowest BCUT2D eigenvalue weighted by atomic mass is 10.1. The Morgan fingerprint density at radius 3 is 2.44 bits per heavy atom. The van der Waals surface area contributed by atoms with Crippen molar-refractivity contribution in [1.29, 1.82) is 0 Å². The van der Waals surface area contributed by atoms with E-state index in [4.69, 9.17) is 26.5 Å². The monoisotopic (exact) mass is 550 g/mol. The van der Waals surface area contributed by atoms with Crippen LogP contribution in [-0.4, -0.2) is 33.7 Å². The molecule has 2 amide bonds. The van der Waals surface area contributed by atoms with Crippen molar-refractivity contribution in [2.75, 3.05) is 5.32 Å². The van der Waals surface area contributed by atoms with Crippen LogP contribution in [-0.2, 0) is 11.3 Å². The molecule has 0 radical (unpaired) electrons. The first-order chi connectivity index (χ1) is 16.8. The highest BCUT2D eigenvalue weighted by atomic mass is 35.5. The lowest BCUT2D eigenvalue weighted by molar-refractivity contribution is 0.0379. The van der Waals surface area contributed by atoms with Gasteiger partial charge in [0.15, 0.2) is 5.76 Å². The second-order valence-corrected chi connectivity index (χ2v) is 9.04. The molecule has 9 nitrogen and oxygen atoms in total. The molecule has 3 aromatic rings. The molecule has 0 atom stereocenters. The highest BCUT2D eigenvalue weighted by molar-refractivity contribution is 7.18. The lowest BCUT2D eigenvalue weighted by Gasteiger charge is -2.10. The van der Waals surface area contributed by atoms with Gasteiger partial charge in [-0.1, -0.05) is 11.6 Å². The number of halogens is 5. The van der Waals surface area contributed by atoms with Crippen LogP contribution < -0.4 is 11.1 Å². The van der Waals surface area contributed by atoms with Gasteiger partial charge >= 0.3 is 5.97 Å². The van der Waals surface area contributed by atoms with Gasteiger partial charge in [0.1, 0.15) is 22.1 Å². The minimum Gasteiger partial charge on any atom is -0.459 e. The van der Waals surface area contributed by atoms with E-state index in [-0.39, 0.29) is 32.5 Å². The lowest BCUT2D eigenvalue weighted by Crippen LogP contribution is -2.17. The number of amides is 2. The fourth-order valence-corrected chi connectivity index (χ4v) is 4.54. The first-order valence-electron chi connectivity index (χ1n) is 10.2. The number of alkyl halides is 4. The van der Waals surface area contributed by atoms with E-state index < -0.39 is 59.7 Å². The summed E-state index contributed by atoms with van der Waals surface area (Å²) in [7, 11) is 0. The molecule has 0 bridgehead atoms. The fraction of sp³-hybridized carbons (Fsp3) is 0.333. The summed E-state index contributed by atoms with van der Waals surface area (Å²) in [6.45, 7) is 4.19. The van der Waals surface area contributed by atoms with Gasteiger partial charge in [0.05, 0.1) is 28.1 Å². The molecule has 15 heteroatoms. The second-order valence-electron chi connectivity index (χ2n) is 7.64. The van der Waals surface area contributed by atoms with Gasteiger partial charge in [-0.05, 0) is 38.5 Å². The van der Waals surface area contributed by atoms with Crippen molar-refractivity contribution in [2.24, 2.45) is 5.73 Å². The standard InChI is InChI=1S/C21H19ClF4N4O5S/c1-7(2)34-21(33)11-8(3)15(18(27)31)36-20(11)28-19(32)10-5-4-9(35-10)6-30-14(17(25)26)12(22)13(29-30)16(23)24/h4-5,7,16-17H,6H2,1-3H3,(H2,27,31)(H,28,32). The number of rotatable bonds is 9. The molecule has 3 heterocycles. The molecule has 0 saturated heterocycles. The quantitative estimate of drug-likeness (QED) is 0.273. The van der Waals surface area contributed by atoms with E-state index in [0.29, 0.717) is 4.68 Å². The number of hydrogen-bond donors (Lipinski definition) is 2. The van der Waals surface area contributed by atoms with Crippen LogP contribution >= 0.6 is 22.9 Å². The number of nitrogens with two attached hydrogens (primary N) is 1. The summed E-state index contributed by atoms with van der Waals surface area (Å²) in [6, 6.07) is 2.46. The van der Waals surface area contributed by atoms with Crippen LogP contribution in [0.1, 0.15) is 80.0 Å². The predicted octanol–water partition coefficient (Wildman–Crippen LogP) is 5.34. The summed E-state index contributed by atoms with van der Waals surface area (Å²) in [5, 5.41) is 5.00. The Kier molecular flexibility index (Phi) is 8.09. The zero-order valence-electron chi connectivity index (χ0n) is 18.9. The Bertz CT molecular complexity index is 1320. The van der Waals surface area contributed by atoms with Crippen molar-refractivity contribution >= 4 is 45.7 Å². The van der Waals surface area contributed by atoms with E-state index >= 15 is 0 Å². The largest absolute Gasteiger partial charge is 0.459 e. The molecule has 0 aliphatic carbocycles. The third kappa shape index (κ3) is 5.54. The van der Waals surface area contributed by atoms with Gasteiger partial charge in [-0.3, -0.25) is 14.3 Å². The van der Waals surface area contributed by atoms with Gasteiger partial charge in [0.25, 0.3) is 24.7 Å². The van der Waals surface area contributed by atoms with Crippen LogP contribution in [0.15, 0.2) is 16.5 Å². The Labute approximate surface area is 210 Å². The number of anilines is 1. The molecule has 36 heavy (non-hydrogen) atoms. The van der Waals surface area contributed by atoms with Gasteiger partial charge in [-0.25, -0.2) is 22.4 Å². The van der Waals surface area contributed by atoms with Crippen LogP contribution in [0.2, 0.25) is 5.02 Å². The number of hydrogen-bond acceptors (Lipinski definition) is 7. The average Bonchev–Trinajstić information content (AvgIpc) is 3.43. The molecule has 3 N–H and O–H groups in total. The SMILES string of the molecule is Cc1c(C(N)=O)sc(NC(=O)c2ccc(Cn3nc(C(F)F)c(Cl)c3C(F)F)o2)c1C(=O)OC(C)C. The van der Waals surface area contributed by atoms with Crippen LogP contribution in [0.25, 0.3) is 0 Å². The van der Waals surface area contributed by atoms with Gasteiger partial charge in [-0.15, -0.1) is 11.3 Å². The van der Waals surface area contributed by atoms with Gasteiger partial charge < -0.3 is 20.2 Å². The molecular formula is C21H19ClF4N4O5S. The molecule has 0 aliphatic rings. The molecule has 0 aliphatic heterocycles. The smallest absolute Gasteiger partial charge is 0.341 e. The topological polar surface area (TPSA) is 129 Å². The van der Waals surface area contributed by atoms with Crippen LogP contribution in [0.3, 0.4) is 0 Å². The normalized spacial score (nSPS) is 11.5. The van der Waals surface area contributed by atoms with Gasteiger partial charge in [0, 0.05) is 0 Å². The van der Waals surface area contributed by atoms with Crippen molar-refractivity contribution in [2.45, 2.75) is 46.3 Å². The summed E-state index contributed by atoms with van der Waals surface area (Å²) in [6.07, 6.45) is -6.85. The Balaban J connectivity index is 1.87. The maximum atomic E-state index is 13.4. The van der Waals surface area contributed by atoms with Crippen molar-refractivity contribution in [1.82, 2.24) is 9.78 Å². The van der Waals surface area contributed by atoms with E-state index in [1.165, 1.54) is 19.1 Å². The Morgan fingerprint density at radius 2 is 1.89 bits per heavy atom. The number of ether oxygens (including phenoxy) is 1. The third-order valence-corrected chi connectivity index (χ3v) is 6.31.